The van der Waals surface area contributed by atoms with E-state index < -0.39 is 17.8 Å². The van der Waals surface area contributed by atoms with Crippen LogP contribution in [-0.2, 0) is 22.8 Å². The highest BCUT2D eigenvalue weighted by atomic mass is 16.5. The molecule has 314 valence electrons. The number of aryl methyl sites for hydroxylation is 2. The molecule has 0 saturated carbocycles. The Morgan fingerprint density at radius 1 is 0.639 bits per heavy atom. The molecule has 3 N–H and O–H groups in total. The van der Waals surface area contributed by atoms with Crippen molar-refractivity contribution in [1.82, 2.24) is 25.2 Å². The van der Waals surface area contributed by atoms with Crippen LogP contribution in [-0.4, -0.2) is 80.0 Å². The lowest BCUT2D eigenvalue weighted by molar-refractivity contribution is -0.143. The smallest absolute Gasteiger partial charge is 0.308 e. The largest absolute Gasteiger partial charge is 0.489 e. The van der Waals surface area contributed by atoms with Crippen molar-refractivity contribution in [3.8, 4) is 11.5 Å². The summed E-state index contributed by atoms with van der Waals surface area (Å²) in [5.41, 5.74) is 8.65. The molecule has 13 nitrogen and oxygen atoms in total. The van der Waals surface area contributed by atoms with E-state index in [1.165, 1.54) is 0 Å². The van der Waals surface area contributed by atoms with Crippen LogP contribution < -0.4 is 15.0 Å². The molecular weight excluding hydrogens is 775 g/mol. The van der Waals surface area contributed by atoms with Crippen molar-refractivity contribution in [2.45, 2.75) is 52.7 Å². The van der Waals surface area contributed by atoms with E-state index in [2.05, 4.69) is 9.97 Å². The molecule has 2 atom stereocenters. The van der Waals surface area contributed by atoms with Crippen molar-refractivity contribution in [3.05, 3.63) is 143 Å². The molecule has 2 fully saturated rings. The number of amides is 3. The molecule has 8 rings (SSSR count). The second-order valence-electron chi connectivity index (χ2n) is 15.5. The maximum atomic E-state index is 12.8. The number of benzene rings is 4. The number of ether oxygens (including phenoxy) is 2. The Morgan fingerprint density at radius 3 is 1.51 bits per heavy atom. The number of carboxylic acid groups (broad SMARTS) is 1. The number of piperidine rings is 2. The number of nitrogens with one attached hydrogen (secondary N) is 1. The minimum absolute atomic E-state index is 0.127. The molecular formula is C48H49N5O8. The Kier molecular flexibility index (Phi) is 13.5. The summed E-state index contributed by atoms with van der Waals surface area (Å²) in [6.45, 7) is 6.50. The highest BCUT2D eigenvalue weighted by molar-refractivity contribution is 5.95. The molecule has 0 spiro atoms. The Labute approximate surface area is 353 Å². The number of carbonyl (C=O) groups is 4. The molecule has 0 aliphatic carbocycles. The van der Waals surface area contributed by atoms with E-state index in [1.807, 2.05) is 74.5 Å². The molecule has 2 saturated heterocycles. The van der Waals surface area contributed by atoms with Gasteiger partial charge in [-0.05, 0) is 112 Å². The fourth-order valence-electron chi connectivity index (χ4n) is 7.93. The Balaban J connectivity index is 0.000000184. The molecule has 2 aromatic heterocycles. The predicted octanol–water partition coefficient (Wildman–Crippen LogP) is 7.54. The normalized spacial score (nSPS) is 16.3. The van der Waals surface area contributed by atoms with E-state index in [0.717, 1.165) is 50.7 Å². The summed E-state index contributed by atoms with van der Waals surface area (Å²) in [6.07, 6.45) is 2.72. The van der Waals surface area contributed by atoms with Gasteiger partial charge in [-0.25, -0.2) is 5.48 Å². The third-order valence-corrected chi connectivity index (χ3v) is 11.1. The van der Waals surface area contributed by atoms with Gasteiger partial charge in [0.15, 0.2) is 0 Å². The average molecular weight is 824 g/mol. The zero-order chi connectivity index (χ0) is 42.9. The molecule has 2 aliphatic rings. The van der Waals surface area contributed by atoms with Crippen molar-refractivity contribution in [1.29, 1.82) is 0 Å². The third kappa shape index (κ3) is 10.5. The fourth-order valence-corrected chi connectivity index (χ4v) is 7.93. The van der Waals surface area contributed by atoms with Gasteiger partial charge in [0.1, 0.15) is 24.7 Å². The van der Waals surface area contributed by atoms with Crippen LogP contribution in [0.2, 0.25) is 0 Å². The number of aromatic nitrogens is 2. The van der Waals surface area contributed by atoms with E-state index in [-0.39, 0.29) is 24.3 Å². The number of aliphatic carboxylic acids is 1. The van der Waals surface area contributed by atoms with E-state index in [4.69, 9.17) is 14.7 Å². The summed E-state index contributed by atoms with van der Waals surface area (Å²) in [6, 6.07) is 34.1. The predicted molar refractivity (Wildman–Crippen MR) is 229 cm³/mol. The van der Waals surface area contributed by atoms with Crippen molar-refractivity contribution in [2.75, 3.05) is 26.2 Å². The first-order valence-corrected chi connectivity index (χ1v) is 20.5. The van der Waals surface area contributed by atoms with Gasteiger partial charge in [-0.15, -0.1) is 0 Å². The zero-order valence-corrected chi connectivity index (χ0v) is 34.3. The Morgan fingerprint density at radius 2 is 1.07 bits per heavy atom. The topological polar surface area (TPSA) is 171 Å². The van der Waals surface area contributed by atoms with E-state index >= 15 is 0 Å². The summed E-state index contributed by atoms with van der Waals surface area (Å²) in [5, 5.41) is 20.2. The standard InChI is InChI=1S/C24H25N3O4.C24H24N2O4/c1-16-13-19(21-6-2-3-7-22(21)25-16)15-31-20-10-8-17(9-11-20)24(29)27-12-4-5-18(14-27)23(28)26-30;1-16-13-19(21-6-2-3-7-22(21)25-16)15-30-20-10-8-17(9-11-20)23(27)26-12-4-5-18(14-26)24(28)29/h2-3,6-11,13,18,30H,4-5,12,14-15H2,1H3,(H,26,28);2-3,6-11,13,18H,4-5,12,14-15H2,1H3,(H,28,29). The van der Waals surface area contributed by atoms with Crippen molar-refractivity contribution < 1.29 is 39.0 Å². The maximum absolute atomic E-state index is 12.8. The van der Waals surface area contributed by atoms with Gasteiger partial charge in [-0.1, -0.05) is 36.4 Å². The van der Waals surface area contributed by atoms with Crippen molar-refractivity contribution >= 4 is 45.5 Å². The highest BCUT2D eigenvalue weighted by Crippen LogP contribution is 2.25. The SMILES string of the molecule is Cc1cc(COc2ccc(C(=O)N3CCCC(C(=O)NO)C3)cc2)c2ccccc2n1.Cc1cc(COc2ccc(C(=O)N3CCCC(C(=O)O)C3)cc2)c2ccccc2n1. The Hall–Kier alpha value is -6.86. The number of fused-ring (bicyclic) bond motifs is 2. The van der Waals surface area contributed by atoms with E-state index in [1.54, 1.807) is 63.8 Å². The molecule has 4 heterocycles. The van der Waals surface area contributed by atoms with E-state index in [9.17, 15) is 24.3 Å². The lowest BCUT2D eigenvalue weighted by atomic mass is 9.97. The van der Waals surface area contributed by atoms with Gasteiger partial charge in [0.2, 0.25) is 5.91 Å². The number of hydrogen-bond donors (Lipinski definition) is 3. The van der Waals surface area contributed by atoms with Crippen LogP contribution in [0, 0.1) is 25.7 Å². The summed E-state index contributed by atoms with van der Waals surface area (Å²) >= 11 is 0. The molecule has 0 radical (unpaired) electrons. The number of para-hydroxylation sites is 2. The number of rotatable bonds is 10. The number of nitrogens with zero attached hydrogens (tertiary/aromatic N) is 4. The number of likely N-dealkylation sites (tertiary alicyclic amines) is 2. The number of pyridine rings is 2. The molecule has 3 amide bonds. The second kappa shape index (κ2) is 19.5. The first kappa shape index (κ1) is 42.3. The minimum atomic E-state index is -0.838. The Bertz CT molecular complexity index is 2530. The van der Waals surface area contributed by atoms with Crippen LogP contribution in [0.15, 0.2) is 109 Å². The molecule has 2 aliphatic heterocycles. The number of hydrogen-bond acceptors (Lipinski definition) is 9. The van der Waals surface area contributed by atoms with Gasteiger partial charge in [0.25, 0.3) is 11.8 Å². The summed E-state index contributed by atoms with van der Waals surface area (Å²) in [7, 11) is 0. The van der Waals surface area contributed by atoms with Gasteiger partial charge < -0.3 is 24.4 Å². The van der Waals surface area contributed by atoms with E-state index in [0.29, 0.717) is 74.7 Å². The number of carbonyl (C=O) groups excluding carboxylic acids is 3. The molecule has 61 heavy (non-hydrogen) atoms. The molecule has 2 unspecified atom stereocenters. The van der Waals surface area contributed by atoms with Gasteiger partial charge in [0, 0.05) is 70.6 Å². The van der Waals surface area contributed by atoms with Gasteiger partial charge in [0.05, 0.1) is 22.9 Å². The maximum Gasteiger partial charge on any atom is 0.308 e. The highest BCUT2D eigenvalue weighted by Gasteiger charge is 2.30. The van der Waals surface area contributed by atoms with Crippen LogP contribution >= 0.6 is 0 Å². The monoisotopic (exact) mass is 823 g/mol. The average Bonchev–Trinajstić information content (AvgIpc) is 3.29. The number of carboxylic acids is 1. The minimum Gasteiger partial charge on any atom is -0.489 e. The zero-order valence-electron chi connectivity index (χ0n) is 34.3. The fraction of sp³-hybridized carbons (Fsp3) is 0.292. The van der Waals surface area contributed by atoms with Gasteiger partial charge in [-0.3, -0.25) is 34.4 Å². The summed E-state index contributed by atoms with van der Waals surface area (Å²) < 4.78 is 11.9. The van der Waals surface area contributed by atoms with Crippen LogP contribution in [0.5, 0.6) is 11.5 Å². The molecule has 6 aromatic rings. The summed E-state index contributed by atoms with van der Waals surface area (Å²) in [4.78, 5) is 60.9. The second-order valence-corrected chi connectivity index (χ2v) is 15.5. The van der Waals surface area contributed by atoms with Crippen molar-refractivity contribution in [2.24, 2.45) is 11.8 Å². The van der Waals surface area contributed by atoms with Gasteiger partial charge in [-0.2, -0.15) is 0 Å². The lowest BCUT2D eigenvalue weighted by Gasteiger charge is -2.31. The molecule has 4 aromatic carbocycles. The quantitative estimate of drug-likeness (QED) is 0.0926. The van der Waals surface area contributed by atoms with Crippen molar-refractivity contribution in [3.63, 3.8) is 0 Å². The lowest BCUT2D eigenvalue weighted by Crippen LogP contribution is -2.44. The van der Waals surface area contributed by atoms with Crippen LogP contribution in [0.1, 0.15) is 68.9 Å². The summed E-state index contributed by atoms with van der Waals surface area (Å²) in [5.74, 6) is -1.07. The van der Waals surface area contributed by atoms with Crippen LogP contribution in [0.25, 0.3) is 21.8 Å². The molecule has 13 heteroatoms. The number of hydroxylamine groups is 1. The van der Waals surface area contributed by atoms with Crippen LogP contribution in [0.3, 0.4) is 0 Å². The van der Waals surface area contributed by atoms with Crippen LogP contribution in [0.4, 0.5) is 0 Å². The molecule has 0 bridgehead atoms. The first-order chi connectivity index (χ1) is 29.6. The third-order valence-electron chi connectivity index (χ3n) is 11.1. The first-order valence-electron chi connectivity index (χ1n) is 20.5. The van der Waals surface area contributed by atoms with Gasteiger partial charge >= 0.3 is 5.97 Å².